The van der Waals surface area contributed by atoms with Crippen LogP contribution in [0.4, 0.5) is 0 Å². The molecule has 0 aliphatic heterocycles. The first-order valence-electron chi connectivity index (χ1n) is 5.07. The molecule has 0 radical (unpaired) electrons. The van der Waals surface area contributed by atoms with E-state index in [1.165, 1.54) is 0 Å². The van der Waals surface area contributed by atoms with Crippen molar-refractivity contribution < 1.29 is 23.8 Å². The molecule has 0 unspecified atom stereocenters. The van der Waals surface area contributed by atoms with Crippen molar-refractivity contribution in [3.05, 3.63) is 35.6 Å². The van der Waals surface area contributed by atoms with Gasteiger partial charge in [0.2, 0.25) is 5.76 Å². The molecule has 17 heavy (non-hydrogen) atoms. The molecule has 1 aromatic heterocycles. The highest BCUT2D eigenvalue weighted by atomic mass is 16.5. The maximum absolute atomic E-state index is 11.7. The van der Waals surface area contributed by atoms with Crippen molar-refractivity contribution in [3.8, 4) is 0 Å². The maximum atomic E-state index is 11.7. The maximum Gasteiger partial charge on any atom is 0.372 e. The summed E-state index contributed by atoms with van der Waals surface area (Å²) in [5.74, 6) is -2.36. The zero-order chi connectivity index (χ0) is 12.4. The molecule has 5 nitrogen and oxygen atoms in total. The summed E-state index contributed by atoms with van der Waals surface area (Å²) in [6.45, 7) is 1.83. The van der Waals surface area contributed by atoms with Crippen LogP contribution in [-0.4, -0.2) is 23.7 Å². The van der Waals surface area contributed by atoms with E-state index in [4.69, 9.17) is 14.3 Å². The highest BCUT2D eigenvalue weighted by molar-refractivity contribution is 6.10. The Balaban J connectivity index is 2.68. The number of carbonyl (C=O) groups is 2. The number of carboxylic acids is 1. The van der Waals surface area contributed by atoms with Crippen LogP contribution < -0.4 is 0 Å². The molecule has 0 amide bonds. The Morgan fingerprint density at radius 2 is 2.06 bits per heavy atom. The molecular formula is C12H10O5. The molecule has 0 aliphatic carbocycles. The molecule has 0 fully saturated rings. The van der Waals surface area contributed by atoms with Crippen molar-refractivity contribution in [1.82, 2.24) is 0 Å². The average molecular weight is 234 g/mol. The van der Waals surface area contributed by atoms with E-state index in [9.17, 15) is 9.59 Å². The van der Waals surface area contributed by atoms with E-state index in [0.29, 0.717) is 11.0 Å². The standard InChI is InChI=1S/C12H10O5/c1-2-16-12(15)9-7-5-3-4-6-8(7)17-10(9)11(13)14/h3-6H,2H2,1H3,(H,13,14). The number of esters is 1. The van der Waals surface area contributed by atoms with Crippen LogP contribution in [0.5, 0.6) is 0 Å². The van der Waals surface area contributed by atoms with Crippen molar-refractivity contribution in [2.75, 3.05) is 6.61 Å². The van der Waals surface area contributed by atoms with Gasteiger partial charge in [-0.25, -0.2) is 9.59 Å². The summed E-state index contributed by atoms with van der Waals surface area (Å²) in [6.07, 6.45) is 0. The molecule has 0 spiro atoms. The van der Waals surface area contributed by atoms with Crippen LogP contribution in [0.15, 0.2) is 28.7 Å². The smallest absolute Gasteiger partial charge is 0.372 e. The van der Waals surface area contributed by atoms with Crippen LogP contribution in [0.25, 0.3) is 11.0 Å². The Morgan fingerprint density at radius 3 is 2.71 bits per heavy atom. The van der Waals surface area contributed by atoms with Gasteiger partial charge < -0.3 is 14.3 Å². The van der Waals surface area contributed by atoms with E-state index < -0.39 is 11.9 Å². The van der Waals surface area contributed by atoms with Crippen molar-refractivity contribution in [2.24, 2.45) is 0 Å². The minimum Gasteiger partial charge on any atom is -0.475 e. The molecule has 1 N–H and O–H groups in total. The second-order valence-corrected chi connectivity index (χ2v) is 3.33. The summed E-state index contributed by atoms with van der Waals surface area (Å²) < 4.78 is 9.95. The van der Waals surface area contributed by atoms with Crippen LogP contribution in [0.3, 0.4) is 0 Å². The lowest BCUT2D eigenvalue weighted by Crippen LogP contribution is -2.09. The third kappa shape index (κ3) is 1.87. The van der Waals surface area contributed by atoms with E-state index in [0.717, 1.165) is 0 Å². The first-order valence-corrected chi connectivity index (χ1v) is 5.07. The van der Waals surface area contributed by atoms with Crippen LogP contribution >= 0.6 is 0 Å². The molecule has 5 heteroatoms. The van der Waals surface area contributed by atoms with Crippen molar-refractivity contribution in [1.29, 1.82) is 0 Å². The number of benzene rings is 1. The summed E-state index contributed by atoms with van der Waals surface area (Å²) in [7, 11) is 0. The van der Waals surface area contributed by atoms with Crippen LogP contribution in [0, 0.1) is 0 Å². The normalized spacial score (nSPS) is 10.4. The van der Waals surface area contributed by atoms with E-state index in [-0.39, 0.29) is 17.9 Å². The Bertz CT molecular complexity index is 582. The number of hydrogen-bond acceptors (Lipinski definition) is 4. The lowest BCUT2D eigenvalue weighted by atomic mass is 10.1. The second-order valence-electron chi connectivity index (χ2n) is 3.33. The highest BCUT2D eigenvalue weighted by Crippen LogP contribution is 2.26. The number of rotatable bonds is 3. The first-order chi connectivity index (χ1) is 8.15. The van der Waals surface area contributed by atoms with Gasteiger partial charge in [-0.05, 0) is 13.0 Å². The largest absolute Gasteiger partial charge is 0.475 e. The van der Waals surface area contributed by atoms with E-state index in [1.807, 2.05) is 0 Å². The minimum atomic E-state index is -1.29. The predicted octanol–water partition coefficient (Wildman–Crippen LogP) is 2.31. The van der Waals surface area contributed by atoms with Gasteiger partial charge in [0.1, 0.15) is 11.1 Å². The Morgan fingerprint density at radius 1 is 1.35 bits per heavy atom. The van der Waals surface area contributed by atoms with Crippen molar-refractivity contribution >= 4 is 22.9 Å². The van der Waals surface area contributed by atoms with Gasteiger partial charge >= 0.3 is 11.9 Å². The van der Waals surface area contributed by atoms with Gasteiger partial charge in [0.05, 0.1) is 6.61 Å². The Kier molecular flexibility index (Phi) is 2.82. The number of carboxylic acid groups (broad SMARTS) is 1. The van der Waals surface area contributed by atoms with E-state index in [2.05, 4.69) is 0 Å². The molecule has 2 rings (SSSR count). The molecule has 0 saturated carbocycles. The van der Waals surface area contributed by atoms with Gasteiger partial charge in [-0.15, -0.1) is 0 Å². The molecule has 0 bridgehead atoms. The highest BCUT2D eigenvalue weighted by Gasteiger charge is 2.25. The minimum absolute atomic E-state index is 0.0325. The molecule has 88 valence electrons. The summed E-state index contributed by atoms with van der Waals surface area (Å²) in [6, 6.07) is 6.63. The van der Waals surface area contributed by atoms with Crippen molar-refractivity contribution in [2.45, 2.75) is 6.92 Å². The fourth-order valence-corrected chi connectivity index (χ4v) is 1.60. The SMILES string of the molecule is CCOC(=O)c1c(C(=O)O)oc2ccccc12. The van der Waals surface area contributed by atoms with Gasteiger partial charge in [-0.2, -0.15) is 0 Å². The topological polar surface area (TPSA) is 76.7 Å². The fraction of sp³-hybridized carbons (Fsp3) is 0.167. The molecule has 0 atom stereocenters. The lowest BCUT2D eigenvalue weighted by molar-refractivity contribution is 0.0510. The average Bonchev–Trinajstić information content (AvgIpc) is 2.68. The molecule has 1 heterocycles. The Labute approximate surface area is 96.6 Å². The molecular weight excluding hydrogens is 224 g/mol. The summed E-state index contributed by atoms with van der Waals surface area (Å²) in [5, 5.41) is 9.43. The number of aromatic carboxylic acids is 1. The number of furan rings is 1. The van der Waals surface area contributed by atoms with E-state index in [1.54, 1.807) is 31.2 Å². The monoisotopic (exact) mass is 234 g/mol. The number of carbonyl (C=O) groups excluding carboxylic acids is 1. The van der Waals surface area contributed by atoms with Crippen molar-refractivity contribution in [3.63, 3.8) is 0 Å². The first kappa shape index (κ1) is 11.2. The van der Waals surface area contributed by atoms with Crippen LogP contribution in [0.1, 0.15) is 27.8 Å². The molecule has 0 aliphatic rings. The molecule has 0 saturated heterocycles. The van der Waals surface area contributed by atoms with Gasteiger partial charge in [-0.3, -0.25) is 0 Å². The number of fused-ring (bicyclic) bond motifs is 1. The summed E-state index contributed by atoms with van der Waals surface area (Å²) >= 11 is 0. The number of hydrogen-bond donors (Lipinski definition) is 1. The third-order valence-corrected chi connectivity index (χ3v) is 2.27. The quantitative estimate of drug-likeness (QED) is 0.824. The summed E-state index contributed by atoms with van der Waals surface area (Å²) in [4.78, 5) is 22.7. The van der Waals surface area contributed by atoms with Gasteiger partial charge in [0.25, 0.3) is 0 Å². The number of ether oxygens (including phenoxy) is 1. The van der Waals surface area contributed by atoms with Gasteiger partial charge in [0, 0.05) is 5.39 Å². The lowest BCUT2D eigenvalue weighted by Gasteiger charge is -1.99. The summed E-state index contributed by atoms with van der Waals surface area (Å²) in [5.41, 5.74) is 0.322. The predicted molar refractivity (Wildman–Crippen MR) is 59.1 cm³/mol. The zero-order valence-electron chi connectivity index (χ0n) is 9.10. The fourth-order valence-electron chi connectivity index (χ4n) is 1.60. The Hall–Kier alpha value is -2.30. The molecule has 2 aromatic rings. The second kappa shape index (κ2) is 4.29. The zero-order valence-corrected chi connectivity index (χ0v) is 9.10. The van der Waals surface area contributed by atoms with Gasteiger partial charge in [0.15, 0.2) is 0 Å². The van der Waals surface area contributed by atoms with Crippen LogP contribution in [0.2, 0.25) is 0 Å². The van der Waals surface area contributed by atoms with Crippen LogP contribution in [-0.2, 0) is 4.74 Å². The molecule has 1 aromatic carbocycles. The van der Waals surface area contributed by atoms with E-state index >= 15 is 0 Å². The number of para-hydroxylation sites is 1. The third-order valence-electron chi connectivity index (χ3n) is 2.27. The van der Waals surface area contributed by atoms with Gasteiger partial charge in [-0.1, -0.05) is 18.2 Å².